The number of rotatable bonds is 3. The van der Waals surface area contributed by atoms with E-state index >= 15 is 0 Å². The maximum absolute atomic E-state index is 9.15. The number of hydrogen-bond donors (Lipinski definition) is 1. The Balaban J connectivity index is 2.17. The molecule has 4 rings (SSSR count). The number of fused-ring (bicyclic) bond motifs is 3. The molecule has 0 saturated carbocycles. The maximum atomic E-state index is 9.15. The Labute approximate surface area is 128 Å². The van der Waals surface area contributed by atoms with Gasteiger partial charge in [0, 0.05) is 16.5 Å². The minimum Gasteiger partial charge on any atom is -0.538 e. The smallest absolute Gasteiger partial charge is 0.504 e. The zero-order chi connectivity index (χ0) is 14.9. The largest absolute Gasteiger partial charge is 0.538 e. The summed E-state index contributed by atoms with van der Waals surface area (Å²) in [7, 11) is -0.329. The Morgan fingerprint density at radius 3 is 2.32 bits per heavy atom. The van der Waals surface area contributed by atoms with Crippen molar-refractivity contribution < 1.29 is 9.68 Å². The highest BCUT2D eigenvalue weighted by Crippen LogP contribution is 2.37. The van der Waals surface area contributed by atoms with Crippen molar-refractivity contribution in [3.8, 4) is 11.4 Å². The summed E-state index contributed by atoms with van der Waals surface area (Å²) in [4.78, 5) is 0. The zero-order valence-corrected chi connectivity index (χ0v) is 11.9. The predicted octanol–water partition coefficient (Wildman–Crippen LogP) is 3.42. The van der Waals surface area contributed by atoms with Crippen molar-refractivity contribution in [2.45, 2.75) is 0 Å². The average molecular weight is 287 g/mol. The van der Waals surface area contributed by atoms with Gasteiger partial charge in [0.15, 0.2) is 0 Å². The first kappa shape index (κ1) is 13.0. The summed E-state index contributed by atoms with van der Waals surface area (Å²) < 4.78 is 7.64. The van der Waals surface area contributed by atoms with Gasteiger partial charge in [0.2, 0.25) is 0 Å². The van der Waals surface area contributed by atoms with Crippen LogP contribution in [0.1, 0.15) is 0 Å². The van der Waals surface area contributed by atoms with Gasteiger partial charge >= 0.3 is 7.69 Å². The normalized spacial score (nSPS) is 11.0. The van der Waals surface area contributed by atoms with Crippen molar-refractivity contribution >= 4 is 29.5 Å². The van der Waals surface area contributed by atoms with Crippen molar-refractivity contribution in [2.24, 2.45) is 0 Å². The first-order valence-corrected chi connectivity index (χ1v) is 7.21. The summed E-state index contributed by atoms with van der Waals surface area (Å²) in [5, 5.41) is 11.3. The Morgan fingerprint density at radius 2 is 1.50 bits per heavy atom. The molecule has 0 unspecified atom stereocenters. The number of nitrogens with zero attached hydrogens (tertiary/aromatic N) is 1. The molecule has 3 nitrogen and oxygen atoms in total. The van der Waals surface area contributed by atoms with Crippen molar-refractivity contribution in [1.29, 1.82) is 0 Å². The summed E-state index contributed by atoms with van der Waals surface area (Å²) in [5.74, 6) is 0.700. The van der Waals surface area contributed by atoms with Crippen LogP contribution < -0.4 is 4.65 Å². The highest BCUT2D eigenvalue weighted by atomic mass is 16.5. The van der Waals surface area contributed by atoms with Crippen LogP contribution in [0.15, 0.2) is 72.8 Å². The SMILES string of the molecule is OBOc1cccc2c1c1ccccc1n2-c1ccccc1. The summed E-state index contributed by atoms with van der Waals surface area (Å²) in [6.07, 6.45) is 0. The summed E-state index contributed by atoms with van der Waals surface area (Å²) >= 11 is 0. The van der Waals surface area contributed by atoms with E-state index < -0.39 is 0 Å². The van der Waals surface area contributed by atoms with Gasteiger partial charge in [-0.05, 0) is 30.3 Å². The highest BCUT2D eigenvalue weighted by molar-refractivity contribution is 6.20. The quantitative estimate of drug-likeness (QED) is 0.586. The molecule has 0 amide bonds. The summed E-state index contributed by atoms with van der Waals surface area (Å²) in [6, 6.07) is 24.4. The first-order chi connectivity index (χ1) is 10.9. The second kappa shape index (κ2) is 5.24. The molecule has 0 radical (unpaired) electrons. The van der Waals surface area contributed by atoms with Crippen LogP contribution in [-0.2, 0) is 0 Å². The van der Waals surface area contributed by atoms with Crippen LogP contribution in [-0.4, -0.2) is 17.3 Å². The van der Waals surface area contributed by atoms with E-state index in [9.17, 15) is 0 Å². The molecule has 0 spiro atoms. The lowest BCUT2D eigenvalue weighted by molar-refractivity contribution is 0.457. The van der Waals surface area contributed by atoms with Crippen molar-refractivity contribution in [1.82, 2.24) is 4.57 Å². The van der Waals surface area contributed by atoms with Crippen LogP contribution in [0.5, 0.6) is 5.75 Å². The van der Waals surface area contributed by atoms with E-state index in [2.05, 4.69) is 34.9 Å². The molecule has 4 aromatic rings. The van der Waals surface area contributed by atoms with Crippen molar-refractivity contribution in [2.75, 3.05) is 0 Å². The Morgan fingerprint density at radius 1 is 0.773 bits per heavy atom. The van der Waals surface area contributed by atoms with Crippen LogP contribution in [0.4, 0.5) is 0 Å². The molecular weight excluding hydrogens is 273 g/mol. The van der Waals surface area contributed by atoms with Gasteiger partial charge in [0.25, 0.3) is 0 Å². The predicted molar refractivity (Wildman–Crippen MR) is 90.8 cm³/mol. The zero-order valence-electron chi connectivity index (χ0n) is 11.9. The van der Waals surface area contributed by atoms with Gasteiger partial charge in [-0.25, -0.2) is 0 Å². The fourth-order valence-corrected chi connectivity index (χ4v) is 3.03. The first-order valence-electron chi connectivity index (χ1n) is 7.21. The van der Waals surface area contributed by atoms with E-state index in [1.807, 2.05) is 42.5 Å². The lowest BCUT2D eigenvalue weighted by Crippen LogP contribution is -2.00. The van der Waals surface area contributed by atoms with Gasteiger partial charge in [-0.1, -0.05) is 42.5 Å². The van der Waals surface area contributed by atoms with Crippen LogP contribution in [0, 0.1) is 0 Å². The van der Waals surface area contributed by atoms with Gasteiger partial charge in [-0.15, -0.1) is 0 Å². The topological polar surface area (TPSA) is 34.4 Å². The number of benzene rings is 3. The molecule has 1 aromatic heterocycles. The summed E-state index contributed by atoms with van der Waals surface area (Å²) in [6.45, 7) is 0. The van der Waals surface area contributed by atoms with E-state index in [-0.39, 0.29) is 7.69 Å². The fraction of sp³-hybridized carbons (Fsp3) is 0. The minimum absolute atomic E-state index is 0.329. The van der Waals surface area contributed by atoms with Crippen molar-refractivity contribution in [3.63, 3.8) is 0 Å². The highest BCUT2D eigenvalue weighted by Gasteiger charge is 2.15. The van der Waals surface area contributed by atoms with Gasteiger partial charge in [-0.2, -0.15) is 0 Å². The molecule has 0 bridgehead atoms. The molecule has 106 valence electrons. The van der Waals surface area contributed by atoms with Crippen molar-refractivity contribution in [3.05, 3.63) is 72.8 Å². The van der Waals surface area contributed by atoms with Gasteiger partial charge in [0.05, 0.1) is 11.0 Å². The molecule has 0 aliphatic rings. The monoisotopic (exact) mass is 287 g/mol. The van der Waals surface area contributed by atoms with E-state index in [4.69, 9.17) is 9.68 Å². The van der Waals surface area contributed by atoms with Crippen LogP contribution in [0.2, 0.25) is 0 Å². The molecular formula is C18H14BNO2. The average Bonchev–Trinajstić information content (AvgIpc) is 2.91. The molecule has 3 aromatic carbocycles. The third-order valence-electron chi connectivity index (χ3n) is 3.89. The molecule has 0 fully saturated rings. The fourth-order valence-electron chi connectivity index (χ4n) is 3.03. The van der Waals surface area contributed by atoms with Gasteiger partial charge < -0.3 is 14.2 Å². The second-order valence-corrected chi connectivity index (χ2v) is 5.11. The molecule has 4 heteroatoms. The molecule has 0 aliphatic heterocycles. The van der Waals surface area contributed by atoms with Crippen LogP contribution >= 0.6 is 0 Å². The van der Waals surface area contributed by atoms with E-state index in [1.54, 1.807) is 0 Å². The Bertz CT molecular complexity index is 947. The molecule has 0 atom stereocenters. The number of aromatic nitrogens is 1. The second-order valence-electron chi connectivity index (χ2n) is 5.11. The number of hydrogen-bond acceptors (Lipinski definition) is 2. The minimum atomic E-state index is -0.329. The molecule has 22 heavy (non-hydrogen) atoms. The third kappa shape index (κ3) is 1.89. The van der Waals surface area contributed by atoms with Crippen LogP contribution in [0.25, 0.3) is 27.5 Å². The van der Waals surface area contributed by atoms with E-state index in [0.29, 0.717) is 5.75 Å². The molecule has 1 N–H and O–H groups in total. The number of para-hydroxylation sites is 2. The lowest BCUT2D eigenvalue weighted by atomic mass is 10.1. The Kier molecular flexibility index (Phi) is 3.09. The van der Waals surface area contributed by atoms with Gasteiger partial charge in [0.1, 0.15) is 5.75 Å². The van der Waals surface area contributed by atoms with Gasteiger partial charge in [-0.3, -0.25) is 0 Å². The van der Waals surface area contributed by atoms with E-state index in [1.165, 1.54) is 0 Å². The van der Waals surface area contributed by atoms with E-state index in [0.717, 1.165) is 27.5 Å². The molecule has 0 saturated heterocycles. The Hall–Kier alpha value is -2.72. The maximum Gasteiger partial charge on any atom is 0.504 e. The lowest BCUT2D eigenvalue weighted by Gasteiger charge is -2.08. The molecule has 1 heterocycles. The standard InChI is InChI=1S/C18H14BNO2/c21-19-22-17-12-6-11-16-18(17)14-9-4-5-10-15(14)20(16)13-7-2-1-3-8-13/h1-12,19,21H. The third-order valence-corrected chi connectivity index (χ3v) is 3.89. The molecule has 0 aliphatic carbocycles. The van der Waals surface area contributed by atoms with Crippen LogP contribution in [0.3, 0.4) is 0 Å². The summed E-state index contributed by atoms with van der Waals surface area (Å²) in [5.41, 5.74) is 3.30.